The van der Waals surface area contributed by atoms with Gasteiger partial charge in [-0.15, -0.1) is 0 Å². The monoisotopic (exact) mass is 325 g/mol. The highest BCUT2D eigenvalue weighted by Gasteiger charge is 2.21. The molecule has 0 spiro atoms. The van der Waals surface area contributed by atoms with Gasteiger partial charge in [0.15, 0.2) is 11.6 Å². The van der Waals surface area contributed by atoms with Crippen molar-refractivity contribution in [1.82, 2.24) is 5.32 Å². The van der Waals surface area contributed by atoms with Crippen LogP contribution in [-0.2, 0) is 6.54 Å². The number of ether oxygens (including phenoxy) is 1. The first-order chi connectivity index (χ1) is 10.1. The Balaban J connectivity index is 1.85. The Bertz CT molecular complexity index is 659. The molecule has 0 amide bonds. The van der Waals surface area contributed by atoms with Crippen molar-refractivity contribution in [2.45, 2.75) is 25.4 Å². The van der Waals surface area contributed by atoms with Crippen LogP contribution in [0.1, 0.15) is 18.4 Å². The molecule has 0 aromatic heterocycles. The molecule has 21 heavy (non-hydrogen) atoms. The summed E-state index contributed by atoms with van der Waals surface area (Å²) in [5, 5.41) is 3.98. The standard InChI is InChI=1S/C16H14Cl2FNO/c17-11-5-4-10(9-20-12-6-7-12)15(8-11)21-14-3-1-2-13(18)16(14)19/h1-5,8,12,20H,6-7,9H2. The van der Waals surface area contributed by atoms with E-state index >= 15 is 0 Å². The van der Waals surface area contributed by atoms with Crippen LogP contribution >= 0.6 is 23.2 Å². The smallest absolute Gasteiger partial charge is 0.184 e. The van der Waals surface area contributed by atoms with Gasteiger partial charge in [-0.25, -0.2) is 4.39 Å². The van der Waals surface area contributed by atoms with Gasteiger partial charge >= 0.3 is 0 Å². The summed E-state index contributed by atoms with van der Waals surface area (Å²) >= 11 is 11.8. The normalized spacial score (nSPS) is 14.2. The highest BCUT2D eigenvalue weighted by Crippen LogP contribution is 2.32. The molecule has 1 aliphatic rings. The lowest BCUT2D eigenvalue weighted by molar-refractivity contribution is 0.436. The molecule has 0 saturated heterocycles. The molecule has 0 aliphatic heterocycles. The highest BCUT2D eigenvalue weighted by molar-refractivity contribution is 6.31. The summed E-state index contributed by atoms with van der Waals surface area (Å²) in [6, 6.07) is 10.6. The van der Waals surface area contributed by atoms with E-state index in [9.17, 15) is 4.39 Å². The van der Waals surface area contributed by atoms with Crippen LogP contribution in [0, 0.1) is 5.82 Å². The van der Waals surface area contributed by atoms with E-state index in [0.717, 1.165) is 5.56 Å². The van der Waals surface area contributed by atoms with Crippen LogP contribution in [0.4, 0.5) is 4.39 Å². The summed E-state index contributed by atoms with van der Waals surface area (Å²) in [5.74, 6) is 0.0644. The van der Waals surface area contributed by atoms with Crippen LogP contribution in [0.15, 0.2) is 36.4 Å². The second kappa shape index (κ2) is 6.22. The molecule has 110 valence electrons. The third-order valence-corrected chi connectivity index (χ3v) is 3.85. The number of rotatable bonds is 5. The van der Waals surface area contributed by atoms with Gasteiger partial charge in [-0.3, -0.25) is 0 Å². The van der Waals surface area contributed by atoms with Crippen molar-refractivity contribution in [3.63, 3.8) is 0 Å². The van der Waals surface area contributed by atoms with Gasteiger partial charge in [-0.2, -0.15) is 0 Å². The molecule has 2 aromatic rings. The first-order valence-corrected chi connectivity index (χ1v) is 7.53. The fraction of sp³-hybridized carbons (Fsp3) is 0.250. The SMILES string of the molecule is Fc1c(Cl)cccc1Oc1cc(Cl)ccc1CNC1CC1. The van der Waals surface area contributed by atoms with Crippen LogP contribution in [0.5, 0.6) is 11.5 Å². The van der Waals surface area contributed by atoms with Gasteiger partial charge in [0, 0.05) is 23.2 Å². The average Bonchev–Trinajstić information content (AvgIpc) is 3.27. The predicted octanol–water partition coefficient (Wildman–Crippen LogP) is 5.18. The first-order valence-electron chi connectivity index (χ1n) is 6.77. The highest BCUT2D eigenvalue weighted by atomic mass is 35.5. The quantitative estimate of drug-likeness (QED) is 0.818. The summed E-state index contributed by atoms with van der Waals surface area (Å²) in [7, 11) is 0. The van der Waals surface area contributed by atoms with Gasteiger partial charge in [0.25, 0.3) is 0 Å². The summed E-state index contributed by atoms with van der Waals surface area (Å²) in [6.07, 6.45) is 2.40. The second-order valence-electron chi connectivity index (χ2n) is 5.06. The summed E-state index contributed by atoms with van der Waals surface area (Å²) in [5.41, 5.74) is 0.936. The number of benzene rings is 2. The van der Waals surface area contributed by atoms with Gasteiger partial charge in [0.05, 0.1) is 5.02 Å². The minimum Gasteiger partial charge on any atom is -0.454 e. The Labute approximate surface area is 132 Å². The van der Waals surface area contributed by atoms with E-state index in [1.165, 1.54) is 18.9 Å². The molecule has 0 radical (unpaired) electrons. The summed E-state index contributed by atoms with van der Waals surface area (Å²) in [4.78, 5) is 0. The zero-order valence-corrected chi connectivity index (χ0v) is 12.7. The minimum atomic E-state index is -0.569. The third-order valence-electron chi connectivity index (χ3n) is 3.32. The summed E-state index contributed by atoms with van der Waals surface area (Å²) < 4.78 is 19.6. The Morgan fingerprint density at radius 2 is 1.95 bits per heavy atom. The Kier molecular flexibility index (Phi) is 4.34. The average molecular weight is 326 g/mol. The van der Waals surface area contributed by atoms with Crippen LogP contribution in [-0.4, -0.2) is 6.04 Å². The maximum Gasteiger partial charge on any atom is 0.184 e. The van der Waals surface area contributed by atoms with Crippen LogP contribution in [0.2, 0.25) is 10.0 Å². The van der Waals surface area contributed by atoms with Gasteiger partial charge < -0.3 is 10.1 Å². The molecule has 0 bridgehead atoms. The van der Waals surface area contributed by atoms with Gasteiger partial charge in [0.1, 0.15) is 5.75 Å². The molecule has 2 nitrogen and oxygen atoms in total. The minimum absolute atomic E-state index is 0.0344. The first kappa shape index (κ1) is 14.6. The van der Waals surface area contributed by atoms with Crippen LogP contribution in [0.3, 0.4) is 0 Å². The fourth-order valence-electron chi connectivity index (χ4n) is 1.99. The zero-order valence-electron chi connectivity index (χ0n) is 11.2. The van der Waals surface area contributed by atoms with Crippen LogP contribution < -0.4 is 10.1 Å². The Morgan fingerprint density at radius 3 is 2.71 bits per heavy atom. The molecule has 1 fully saturated rings. The molecule has 0 unspecified atom stereocenters. The molecule has 2 aromatic carbocycles. The number of nitrogens with one attached hydrogen (secondary N) is 1. The maximum absolute atomic E-state index is 13.9. The zero-order chi connectivity index (χ0) is 14.8. The largest absolute Gasteiger partial charge is 0.454 e. The number of hydrogen-bond donors (Lipinski definition) is 1. The lowest BCUT2D eigenvalue weighted by Gasteiger charge is -2.13. The third kappa shape index (κ3) is 3.67. The van der Waals surface area contributed by atoms with E-state index in [4.69, 9.17) is 27.9 Å². The Hall–Kier alpha value is -1.29. The van der Waals surface area contributed by atoms with Crippen molar-refractivity contribution in [2.24, 2.45) is 0 Å². The molecular weight excluding hydrogens is 312 g/mol. The van der Waals surface area contributed by atoms with Gasteiger partial charge in [-0.05, 0) is 37.1 Å². The van der Waals surface area contributed by atoms with E-state index in [1.54, 1.807) is 24.3 Å². The van der Waals surface area contributed by atoms with E-state index in [1.807, 2.05) is 6.07 Å². The molecule has 5 heteroatoms. The van der Waals surface area contributed by atoms with E-state index < -0.39 is 5.82 Å². The van der Waals surface area contributed by atoms with E-state index in [2.05, 4.69) is 5.32 Å². The molecule has 0 atom stereocenters. The predicted molar refractivity (Wildman–Crippen MR) is 82.8 cm³/mol. The summed E-state index contributed by atoms with van der Waals surface area (Å²) in [6.45, 7) is 0.666. The molecule has 3 rings (SSSR count). The topological polar surface area (TPSA) is 21.3 Å². The van der Waals surface area contributed by atoms with Gasteiger partial charge in [-0.1, -0.05) is 35.3 Å². The molecule has 1 saturated carbocycles. The van der Waals surface area contributed by atoms with Crippen molar-refractivity contribution in [2.75, 3.05) is 0 Å². The van der Waals surface area contributed by atoms with E-state index in [0.29, 0.717) is 23.4 Å². The van der Waals surface area contributed by atoms with Gasteiger partial charge in [0.2, 0.25) is 0 Å². The van der Waals surface area contributed by atoms with E-state index in [-0.39, 0.29) is 10.8 Å². The van der Waals surface area contributed by atoms with Crippen LogP contribution in [0.25, 0.3) is 0 Å². The molecule has 0 heterocycles. The van der Waals surface area contributed by atoms with Crippen molar-refractivity contribution < 1.29 is 9.13 Å². The fourth-order valence-corrected chi connectivity index (χ4v) is 2.32. The molecule has 1 aliphatic carbocycles. The molecular formula is C16H14Cl2FNO. The maximum atomic E-state index is 13.9. The number of hydrogen-bond acceptors (Lipinski definition) is 2. The lowest BCUT2D eigenvalue weighted by Crippen LogP contribution is -2.15. The molecule has 1 N–H and O–H groups in total. The van der Waals surface area contributed by atoms with Crippen molar-refractivity contribution >= 4 is 23.2 Å². The lowest BCUT2D eigenvalue weighted by atomic mass is 10.2. The second-order valence-corrected chi connectivity index (χ2v) is 5.90. The van der Waals surface area contributed by atoms with Crippen molar-refractivity contribution in [1.29, 1.82) is 0 Å². The van der Waals surface area contributed by atoms with Crippen molar-refractivity contribution in [3.05, 3.63) is 57.8 Å². The Morgan fingerprint density at radius 1 is 1.14 bits per heavy atom. The van der Waals surface area contributed by atoms with Crippen molar-refractivity contribution in [3.8, 4) is 11.5 Å². The number of halogens is 3.